The zero-order valence-corrected chi connectivity index (χ0v) is 11.6. The summed E-state index contributed by atoms with van der Waals surface area (Å²) < 4.78 is 26.8. The van der Waals surface area contributed by atoms with Crippen molar-refractivity contribution in [1.29, 1.82) is 5.26 Å². The predicted molar refractivity (Wildman–Crippen MR) is 71.9 cm³/mol. The Morgan fingerprint density at radius 3 is 2.95 bits per heavy atom. The predicted octanol–water partition coefficient (Wildman–Crippen LogP) is 3.48. The zero-order chi connectivity index (χ0) is 13.9. The van der Waals surface area contributed by atoms with E-state index in [1.165, 1.54) is 17.8 Å². The molecule has 0 heterocycles. The summed E-state index contributed by atoms with van der Waals surface area (Å²) in [4.78, 5) is 0.329. The van der Waals surface area contributed by atoms with Gasteiger partial charge in [-0.2, -0.15) is 5.26 Å². The maximum absolute atomic E-state index is 13.6. The number of thioether (sulfide) groups is 1. The molecule has 2 nitrogen and oxygen atoms in total. The van der Waals surface area contributed by atoms with Crippen molar-refractivity contribution in [2.45, 2.75) is 41.4 Å². The molecule has 0 saturated heterocycles. The van der Waals surface area contributed by atoms with E-state index in [1.807, 2.05) is 0 Å². The number of nitriles is 1. The zero-order valence-electron chi connectivity index (χ0n) is 10.7. The highest BCUT2D eigenvalue weighted by molar-refractivity contribution is 8.00. The minimum Gasteiger partial charge on any atom is -0.302 e. The summed E-state index contributed by atoms with van der Waals surface area (Å²) in [5, 5.41) is 12.5. The molecule has 0 amide bonds. The molecule has 1 aromatic carbocycles. The minimum absolute atomic E-state index is 0.136. The van der Waals surface area contributed by atoms with Crippen LogP contribution in [0.5, 0.6) is 0 Å². The lowest BCUT2D eigenvalue weighted by molar-refractivity contribution is 0.323. The summed E-state index contributed by atoms with van der Waals surface area (Å²) in [5.74, 6) is -0.830. The lowest BCUT2D eigenvalue weighted by Gasteiger charge is -2.35. The molecule has 5 heteroatoms. The van der Waals surface area contributed by atoms with E-state index in [0.29, 0.717) is 11.3 Å². The first-order valence-corrected chi connectivity index (χ1v) is 7.18. The molecular formula is C14H16F2N2S. The molecular weight excluding hydrogens is 266 g/mol. The van der Waals surface area contributed by atoms with E-state index >= 15 is 0 Å². The van der Waals surface area contributed by atoms with Gasteiger partial charge in [0.2, 0.25) is 0 Å². The summed E-state index contributed by atoms with van der Waals surface area (Å²) in [6.45, 7) is 0. The van der Waals surface area contributed by atoms with E-state index in [-0.39, 0.29) is 5.25 Å². The Kier molecular flexibility index (Phi) is 4.43. The summed E-state index contributed by atoms with van der Waals surface area (Å²) in [6.07, 6.45) is 3.30. The fourth-order valence-corrected chi connectivity index (χ4v) is 3.83. The number of hydrogen-bond donors (Lipinski definition) is 1. The highest BCUT2D eigenvalue weighted by atomic mass is 32.2. The first kappa shape index (κ1) is 14.3. The van der Waals surface area contributed by atoms with Crippen molar-refractivity contribution < 1.29 is 8.78 Å². The third kappa shape index (κ3) is 3.26. The molecule has 0 spiro atoms. The Bertz CT molecular complexity index is 501. The Hall–Kier alpha value is -1.12. The minimum atomic E-state index is -0.528. The van der Waals surface area contributed by atoms with Gasteiger partial charge in [0, 0.05) is 10.1 Å². The molecule has 1 aromatic rings. The molecule has 2 atom stereocenters. The van der Waals surface area contributed by atoms with Crippen LogP contribution in [0, 0.1) is 23.0 Å². The van der Waals surface area contributed by atoms with Crippen LogP contribution in [0.2, 0.25) is 0 Å². The molecule has 0 bridgehead atoms. The number of benzene rings is 1. The fourth-order valence-electron chi connectivity index (χ4n) is 2.46. The number of nitrogens with zero attached hydrogens (tertiary/aromatic N) is 1. The van der Waals surface area contributed by atoms with Gasteiger partial charge in [-0.3, -0.25) is 0 Å². The van der Waals surface area contributed by atoms with E-state index in [1.54, 1.807) is 7.05 Å². The molecule has 1 fully saturated rings. The number of rotatable bonds is 3. The third-order valence-corrected chi connectivity index (χ3v) is 4.89. The molecule has 2 rings (SSSR count). The van der Waals surface area contributed by atoms with E-state index in [4.69, 9.17) is 0 Å². The molecule has 0 aliphatic heterocycles. The SMILES string of the molecule is CNC1(C#N)CCCC(Sc2cc(F)ccc2F)C1. The van der Waals surface area contributed by atoms with Crippen LogP contribution in [-0.2, 0) is 0 Å². The quantitative estimate of drug-likeness (QED) is 0.922. The lowest BCUT2D eigenvalue weighted by atomic mass is 9.83. The molecule has 102 valence electrons. The maximum Gasteiger partial charge on any atom is 0.136 e. The fraction of sp³-hybridized carbons (Fsp3) is 0.500. The first-order chi connectivity index (χ1) is 9.08. The molecule has 1 aliphatic carbocycles. The van der Waals surface area contributed by atoms with Crippen LogP contribution < -0.4 is 5.32 Å². The number of hydrogen-bond acceptors (Lipinski definition) is 3. The normalized spacial score (nSPS) is 26.9. The smallest absolute Gasteiger partial charge is 0.136 e. The monoisotopic (exact) mass is 282 g/mol. The van der Waals surface area contributed by atoms with Crippen molar-refractivity contribution in [1.82, 2.24) is 5.32 Å². The van der Waals surface area contributed by atoms with E-state index in [2.05, 4.69) is 11.4 Å². The van der Waals surface area contributed by atoms with Crippen LogP contribution in [0.3, 0.4) is 0 Å². The third-order valence-electron chi connectivity index (χ3n) is 3.59. The van der Waals surface area contributed by atoms with Gasteiger partial charge in [-0.15, -0.1) is 11.8 Å². The van der Waals surface area contributed by atoms with Crippen molar-refractivity contribution in [3.05, 3.63) is 29.8 Å². The lowest BCUT2D eigenvalue weighted by Crippen LogP contribution is -2.46. The Balaban J connectivity index is 2.11. The van der Waals surface area contributed by atoms with Crippen molar-refractivity contribution in [3.63, 3.8) is 0 Å². The van der Waals surface area contributed by atoms with Crippen LogP contribution in [0.4, 0.5) is 8.78 Å². The second-order valence-electron chi connectivity index (χ2n) is 4.85. The molecule has 1 saturated carbocycles. The van der Waals surface area contributed by atoms with Gasteiger partial charge in [0.05, 0.1) is 6.07 Å². The summed E-state index contributed by atoms with van der Waals surface area (Å²) >= 11 is 1.33. The molecule has 1 aliphatic rings. The molecule has 0 aromatic heterocycles. The summed E-state index contributed by atoms with van der Waals surface area (Å²) in [5.41, 5.74) is -0.528. The highest BCUT2D eigenvalue weighted by Gasteiger charge is 2.35. The molecule has 19 heavy (non-hydrogen) atoms. The highest BCUT2D eigenvalue weighted by Crippen LogP contribution is 2.38. The Morgan fingerprint density at radius 2 is 2.26 bits per heavy atom. The van der Waals surface area contributed by atoms with Crippen LogP contribution in [0.15, 0.2) is 23.1 Å². The topological polar surface area (TPSA) is 35.8 Å². The first-order valence-electron chi connectivity index (χ1n) is 6.30. The van der Waals surface area contributed by atoms with Crippen molar-refractivity contribution in [2.24, 2.45) is 0 Å². The van der Waals surface area contributed by atoms with E-state index in [0.717, 1.165) is 31.4 Å². The number of nitrogens with one attached hydrogen (secondary N) is 1. The van der Waals surface area contributed by atoms with Gasteiger partial charge >= 0.3 is 0 Å². The Labute approximate surface area is 116 Å². The van der Waals surface area contributed by atoms with Gasteiger partial charge in [-0.05, 0) is 50.9 Å². The van der Waals surface area contributed by atoms with Crippen molar-refractivity contribution in [3.8, 4) is 6.07 Å². The molecule has 1 N–H and O–H groups in total. The van der Waals surface area contributed by atoms with Gasteiger partial charge in [-0.25, -0.2) is 8.78 Å². The van der Waals surface area contributed by atoms with E-state index < -0.39 is 17.2 Å². The van der Waals surface area contributed by atoms with E-state index in [9.17, 15) is 14.0 Å². The maximum atomic E-state index is 13.6. The molecule has 0 radical (unpaired) electrons. The van der Waals surface area contributed by atoms with Crippen LogP contribution in [0.25, 0.3) is 0 Å². The second kappa shape index (κ2) is 5.89. The van der Waals surface area contributed by atoms with Crippen LogP contribution in [-0.4, -0.2) is 17.8 Å². The summed E-state index contributed by atoms with van der Waals surface area (Å²) in [6, 6.07) is 5.81. The van der Waals surface area contributed by atoms with Gasteiger partial charge < -0.3 is 5.32 Å². The number of halogens is 2. The van der Waals surface area contributed by atoms with Gasteiger partial charge in [0.25, 0.3) is 0 Å². The van der Waals surface area contributed by atoms with Crippen LogP contribution >= 0.6 is 11.8 Å². The average molecular weight is 282 g/mol. The molecule has 2 unspecified atom stereocenters. The average Bonchev–Trinajstić information content (AvgIpc) is 2.43. The summed E-state index contributed by atoms with van der Waals surface area (Å²) in [7, 11) is 1.78. The van der Waals surface area contributed by atoms with Crippen molar-refractivity contribution >= 4 is 11.8 Å². The Morgan fingerprint density at radius 1 is 1.47 bits per heavy atom. The van der Waals surface area contributed by atoms with Gasteiger partial charge in [-0.1, -0.05) is 0 Å². The van der Waals surface area contributed by atoms with Gasteiger partial charge in [0.1, 0.15) is 17.2 Å². The largest absolute Gasteiger partial charge is 0.302 e. The second-order valence-corrected chi connectivity index (χ2v) is 6.20. The van der Waals surface area contributed by atoms with Crippen LogP contribution in [0.1, 0.15) is 25.7 Å². The van der Waals surface area contributed by atoms with Gasteiger partial charge in [0.15, 0.2) is 0 Å². The standard InChI is InChI=1S/C14H16F2N2S/c1-18-14(9-17)6-2-3-11(8-14)19-13-7-10(15)4-5-12(13)16/h4-5,7,11,18H,2-3,6,8H2,1H3. The van der Waals surface area contributed by atoms with Crippen molar-refractivity contribution in [2.75, 3.05) is 7.05 Å².